The highest BCUT2D eigenvalue weighted by atomic mass is 79.9. The molecule has 1 heterocycles. The number of rotatable bonds is 3. The molecule has 0 fully saturated rings. The number of nitrogens with zero attached hydrogens (tertiary/aromatic N) is 1. The fraction of sp³-hybridized carbons (Fsp3) is 0.0833. The molecule has 0 saturated carbocycles. The van der Waals surface area contributed by atoms with Crippen molar-refractivity contribution in [1.82, 2.24) is 4.98 Å². The topological polar surface area (TPSA) is 73.1 Å². The van der Waals surface area contributed by atoms with Gasteiger partial charge in [-0.2, -0.15) is 0 Å². The smallest absolute Gasteiger partial charge is 0.182 e. The lowest BCUT2D eigenvalue weighted by Gasteiger charge is -2.06. The molecular weight excluding hydrogens is 335 g/mol. The molecule has 0 saturated heterocycles. The van der Waals surface area contributed by atoms with Crippen LogP contribution in [0.2, 0.25) is 0 Å². The van der Waals surface area contributed by atoms with Gasteiger partial charge in [0.2, 0.25) is 0 Å². The van der Waals surface area contributed by atoms with Crippen molar-refractivity contribution in [2.45, 2.75) is 10.6 Å². The Balaban J connectivity index is 2.37. The molecule has 1 aromatic carbocycles. The average molecular weight is 345 g/mol. The van der Waals surface area contributed by atoms with E-state index in [-0.39, 0.29) is 16.3 Å². The molecule has 19 heavy (non-hydrogen) atoms. The molecule has 2 N–H and O–H groups in total. The average Bonchev–Trinajstić information content (AvgIpc) is 2.26. The highest BCUT2D eigenvalue weighted by Gasteiger charge is 2.17. The van der Waals surface area contributed by atoms with Gasteiger partial charge in [-0.1, -0.05) is 0 Å². The molecule has 7 heteroatoms. The number of benzene rings is 1. The van der Waals surface area contributed by atoms with E-state index in [1.165, 1.54) is 12.3 Å². The molecule has 0 bridgehead atoms. The van der Waals surface area contributed by atoms with Crippen LogP contribution in [0.15, 0.2) is 46.0 Å². The number of hydrogen-bond donors (Lipinski definition) is 1. The van der Waals surface area contributed by atoms with E-state index in [2.05, 4.69) is 20.9 Å². The summed E-state index contributed by atoms with van der Waals surface area (Å²) in [6.45, 7) is 0. The van der Waals surface area contributed by atoms with Gasteiger partial charge in [-0.3, -0.25) is 4.98 Å². The van der Waals surface area contributed by atoms with Crippen molar-refractivity contribution in [2.75, 3.05) is 5.73 Å². The van der Waals surface area contributed by atoms with Crippen molar-refractivity contribution in [3.8, 4) is 0 Å². The zero-order valence-electron chi connectivity index (χ0n) is 9.68. The lowest BCUT2D eigenvalue weighted by molar-refractivity contribution is 0.590. The lowest BCUT2D eigenvalue weighted by atomic mass is 10.3. The molecule has 0 atom stereocenters. The maximum Gasteiger partial charge on any atom is 0.182 e. The largest absolute Gasteiger partial charge is 0.399 e. The Morgan fingerprint density at radius 1 is 1.21 bits per heavy atom. The fourth-order valence-electron chi connectivity index (χ4n) is 1.60. The van der Waals surface area contributed by atoms with Gasteiger partial charge in [0.1, 0.15) is 5.82 Å². The van der Waals surface area contributed by atoms with Crippen LogP contribution in [0.25, 0.3) is 0 Å². The maximum absolute atomic E-state index is 13.2. The van der Waals surface area contributed by atoms with Crippen LogP contribution < -0.4 is 5.73 Å². The number of pyridine rings is 1. The summed E-state index contributed by atoms with van der Waals surface area (Å²) >= 11 is 3.21. The van der Waals surface area contributed by atoms with Crippen molar-refractivity contribution in [2.24, 2.45) is 0 Å². The lowest BCUT2D eigenvalue weighted by Crippen LogP contribution is -2.06. The normalized spacial score (nSPS) is 11.5. The monoisotopic (exact) mass is 344 g/mol. The van der Waals surface area contributed by atoms with E-state index in [0.717, 1.165) is 12.1 Å². The van der Waals surface area contributed by atoms with Crippen molar-refractivity contribution < 1.29 is 12.8 Å². The molecule has 0 unspecified atom stereocenters. The number of nitrogen functional groups attached to an aromatic ring is 1. The summed E-state index contributed by atoms with van der Waals surface area (Å²) in [4.78, 5) is 3.75. The Morgan fingerprint density at radius 2 is 1.95 bits per heavy atom. The zero-order valence-corrected chi connectivity index (χ0v) is 12.1. The molecule has 0 aliphatic carbocycles. The van der Waals surface area contributed by atoms with Gasteiger partial charge < -0.3 is 5.73 Å². The Morgan fingerprint density at radius 3 is 2.58 bits per heavy atom. The van der Waals surface area contributed by atoms with Gasteiger partial charge in [0, 0.05) is 22.6 Å². The molecule has 4 nitrogen and oxygen atoms in total. The highest BCUT2D eigenvalue weighted by molar-refractivity contribution is 9.10. The van der Waals surface area contributed by atoms with Crippen LogP contribution in [-0.4, -0.2) is 13.4 Å². The molecule has 2 aromatic rings. The summed E-state index contributed by atoms with van der Waals surface area (Å²) in [5, 5.41) is 0. The number of hydrogen-bond acceptors (Lipinski definition) is 4. The van der Waals surface area contributed by atoms with Gasteiger partial charge in [-0.25, -0.2) is 12.8 Å². The standard InChI is InChI=1S/C12H10BrFN2O2S/c13-9-1-8(5-16-6-9)7-19(17,18)12-3-10(14)2-11(15)4-12/h1-6H,7,15H2. The van der Waals surface area contributed by atoms with Crippen LogP contribution in [0.1, 0.15) is 5.56 Å². The molecule has 0 aliphatic rings. The quantitative estimate of drug-likeness (QED) is 0.868. The second kappa shape index (κ2) is 5.26. The third kappa shape index (κ3) is 3.51. The molecule has 0 spiro atoms. The van der Waals surface area contributed by atoms with Gasteiger partial charge in [-0.15, -0.1) is 0 Å². The van der Waals surface area contributed by atoms with Crippen LogP contribution >= 0.6 is 15.9 Å². The van der Waals surface area contributed by atoms with E-state index < -0.39 is 15.7 Å². The summed E-state index contributed by atoms with van der Waals surface area (Å²) < 4.78 is 38.2. The zero-order chi connectivity index (χ0) is 14.0. The first-order chi connectivity index (χ1) is 8.87. The summed E-state index contributed by atoms with van der Waals surface area (Å²) in [5.74, 6) is -0.937. The second-order valence-electron chi connectivity index (χ2n) is 3.99. The van der Waals surface area contributed by atoms with Crippen LogP contribution in [-0.2, 0) is 15.6 Å². The van der Waals surface area contributed by atoms with E-state index in [9.17, 15) is 12.8 Å². The fourth-order valence-corrected chi connectivity index (χ4v) is 3.38. The van der Waals surface area contributed by atoms with Crippen molar-refractivity contribution in [3.63, 3.8) is 0 Å². The molecule has 1 aromatic heterocycles. The van der Waals surface area contributed by atoms with Crippen molar-refractivity contribution >= 4 is 31.5 Å². The molecular formula is C12H10BrFN2O2S. The first-order valence-corrected chi connectivity index (χ1v) is 7.69. The first kappa shape index (κ1) is 14.0. The summed E-state index contributed by atoms with van der Waals surface area (Å²) in [7, 11) is -3.66. The number of aromatic nitrogens is 1. The number of anilines is 1. The van der Waals surface area contributed by atoms with Gasteiger partial charge in [-0.05, 0) is 45.8 Å². The van der Waals surface area contributed by atoms with Gasteiger partial charge >= 0.3 is 0 Å². The van der Waals surface area contributed by atoms with Gasteiger partial charge in [0.25, 0.3) is 0 Å². The SMILES string of the molecule is Nc1cc(F)cc(S(=O)(=O)Cc2cncc(Br)c2)c1. The Hall–Kier alpha value is -1.47. The maximum atomic E-state index is 13.2. The Labute approximate surface area is 118 Å². The molecule has 0 amide bonds. The van der Waals surface area contributed by atoms with E-state index in [0.29, 0.717) is 10.0 Å². The first-order valence-electron chi connectivity index (χ1n) is 5.25. The minimum Gasteiger partial charge on any atom is -0.399 e. The third-order valence-electron chi connectivity index (χ3n) is 2.37. The minimum absolute atomic E-state index is 0.0749. The predicted molar refractivity (Wildman–Crippen MR) is 73.6 cm³/mol. The van der Waals surface area contributed by atoms with E-state index >= 15 is 0 Å². The summed E-state index contributed by atoms with van der Waals surface area (Å²) in [6, 6.07) is 4.91. The van der Waals surface area contributed by atoms with Gasteiger partial charge in [0.15, 0.2) is 9.84 Å². The minimum atomic E-state index is -3.66. The molecule has 100 valence electrons. The highest BCUT2D eigenvalue weighted by Crippen LogP contribution is 2.21. The van der Waals surface area contributed by atoms with E-state index in [1.807, 2.05) is 0 Å². The third-order valence-corrected chi connectivity index (χ3v) is 4.47. The molecule has 0 radical (unpaired) electrons. The Kier molecular flexibility index (Phi) is 3.86. The summed E-state index contributed by atoms with van der Waals surface area (Å²) in [5.41, 5.74) is 6.04. The van der Waals surface area contributed by atoms with Crippen molar-refractivity contribution in [1.29, 1.82) is 0 Å². The van der Waals surface area contributed by atoms with Crippen LogP contribution in [0.3, 0.4) is 0 Å². The van der Waals surface area contributed by atoms with Crippen LogP contribution in [0.5, 0.6) is 0 Å². The second-order valence-corrected chi connectivity index (χ2v) is 6.90. The van der Waals surface area contributed by atoms with Gasteiger partial charge in [0.05, 0.1) is 10.6 Å². The number of sulfone groups is 1. The summed E-state index contributed by atoms with van der Waals surface area (Å²) in [6.07, 6.45) is 3.00. The Bertz CT molecular complexity index is 699. The van der Waals surface area contributed by atoms with E-state index in [4.69, 9.17) is 5.73 Å². The number of nitrogens with two attached hydrogens (primary N) is 1. The van der Waals surface area contributed by atoms with Crippen molar-refractivity contribution in [3.05, 3.63) is 52.5 Å². The molecule has 2 rings (SSSR count). The molecule has 0 aliphatic heterocycles. The van der Waals surface area contributed by atoms with Crippen LogP contribution in [0.4, 0.5) is 10.1 Å². The van der Waals surface area contributed by atoms with E-state index in [1.54, 1.807) is 12.3 Å². The number of halogens is 2. The van der Waals surface area contributed by atoms with Crippen LogP contribution in [0, 0.1) is 5.82 Å². The predicted octanol–water partition coefficient (Wildman–Crippen LogP) is 2.54.